The first kappa shape index (κ1) is 14.6. The first-order chi connectivity index (χ1) is 9.05. The lowest BCUT2D eigenvalue weighted by atomic mass is 9.97. The summed E-state index contributed by atoms with van der Waals surface area (Å²) in [6, 6.07) is 0. The summed E-state index contributed by atoms with van der Waals surface area (Å²) >= 11 is 0. The molecule has 1 atom stereocenters. The molecule has 0 amide bonds. The van der Waals surface area contributed by atoms with Crippen LogP contribution in [0.3, 0.4) is 0 Å². The summed E-state index contributed by atoms with van der Waals surface area (Å²) in [7, 11) is -3.72. The lowest BCUT2D eigenvalue weighted by Crippen LogP contribution is -2.31. The second kappa shape index (κ2) is 6.09. The first-order valence-electron chi connectivity index (χ1n) is 6.67. The van der Waals surface area contributed by atoms with Gasteiger partial charge < -0.3 is 14.2 Å². The van der Waals surface area contributed by atoms with E-state index in [0.29, 0.717) is 0 Å². The minimum absolute atomic E-state index is 0.147. The van der Waals surface area contributed by atoms with Crippen LogP contribution in [0, 0.1) is 11.8 Å². The molecule has 19 heavy (non-hydrogen) atoms. The van der Waals surface area contributed by atoms with Gasteiger partial charge in [-0.15, -0.1) is 5.92 Å². The van der Waals surface area contributed by atoms with E-state index >= 15 is 0 Å². The topological polar surface area (TPSA) is 72.8 Å². The predicted molar refractivity (Wildman–Crippen MR) is 69.9 cm³/mol. The zero-order valence-corrected chi connectivity index (χ0v) is 11.9. The summed E-state index contributed by atoms with van der Waals surface area (Å²) in [5.41, 5.74) is -1.38. The van der Waals surface area contributed by atoms with Crippen molar-refractivity contribution in [3.05, 3.63) is 0 Å². The van der Waals surface area contributed by atoms with Gasteiger partial charge in [0.05, 0.1) is 12.2 Å². The highest BCUT2D eigenvalue weighted by molar-refractivity contribution is 7.56. The molecule has 5 nitrogen and oxygen atoms in total. The van der Waals surface area contributed by atoms with Gasteiger partial charge in [0.2, 0.25) is 5.66 Å². The van der Waals surface area contributed by atoms with Gasteiger partial charge in [-0.3, -0.25) is 9.36 Å². The monoisotopic (exact) mass is 286 g/mol. The van der Waals surface area contributed by atoms with Crippen molar-refractivity contribution in [3.63, 3.8) is 0 Å². The molecule has 1 N–H and O–H groups in total. The van der Waals surface area contributed by atoms with Gasteiger partial charge in [0.1, 0.15) is 0 Å². The van der Waals surface area contributed by atoms with Crippen LogP contribution in [0.5, 0.6) is 0 Å². The Bertz CT molecular complexity index is 422. The number of hydrogen-bond donors (Lipinski definition) is 1. The van der Waals surface area contributed by atoms with Crippen molar-refractivity contribution in [3.8, 4) is 11.8 Å². The molecule has 2 fully saturated rings. The number of rotatable bonds is 6. The van der Waals surface area contributed by atoms with Gasteiger partial charge in [-0.05, 0) is 45.4 Å². The van der Waals surface area contributed by atoms with Crippen LogP contribution in [0.1, 0.15) is 45.4 Å². The molecule has 2 aliphatic carbocycles. The molecule has 0 aromatic rings. The van der Waals surface area contributed by atoms with Crippen LogP contribution in [0.4, 0.5) is 0 Å². The fraction of sp³-hybridized carbons (Fsp3) is 0.769. The molecule has 0 bridgehead atoms. The van der Waals surface area contributed by atoms with Crippen molar-refractivity contribution in [2.75, 3.05) is 0 Å². The van der Waals surface area contributed by atoms with Gasteiger partial charge in [0.25, 0.3) is 0 Å². The lowest BCUT2D eigenvalue weighted by Gasteiger charge is -2.35. The Kier molecular flexibility index (Phi) is 4.67. The van der Waals surface area contributed by atoms with E-state index < -0.39 is 19.2 Å². The number of carboxylic acid groups (broad SMARTS) is 1. The third kappa shape index (κ3) is 3.39. The highest BCUT2D eigenvalue weighted by Gasteiger charge is 2.46. The van der Waals surface area contributed by atoms with Gasteiger partial charge in [-0.1, -0.05) is 5.92 Å². The third-order valence-electron chi connectivity index (χ3n) is 3.53. The van der Waals surface area contributed by atoms with E-state index in [0.717, 1.165) is 38.5 Å². The van der Waals surface area contributed by atoms with Gasteiger partial charge in [0.15, 0.2) is 0 Å². The van der Waals surface area contributed by atoms with Crippen LogP contribution in [0.15, 0.2) is 0 Å². The molecular weight excluding hydrogens is 267 g/mol. The molecule has 2 saturated carbocycles. The Morgan fingerprint density at radius 3 is 1.95 bits per heavy atom. The maximum Gasteiger partial charge on any atom is 0.357 e. The molecule has 0 spiro atoms. The highest BCUT2D eigenvalue weighted by Crippen LogP contribution is 2.58. The molecule has 0 saturated heterocycles. The standard InChI is InChI=1S/C13H19O5P/c1-2-5-12(13(14)15)19(16,17-10-6-3-7-10)18-11-8-4-9-11/h10-12H,3-4,6-9H2,1H3,(H,14,15). The number of hydrogen-bond acceptors (Lipinski definition) is 4. The third-order valence-corrected chi connectivity index (χ3v) is 5.69. The van der Waals surface area contributed by atoms with E-state index in [1.54, 1.807) is 0 Å². The Balaban J connectivity index is 2.15. The SMILES string of the molecule is CC#CC(C(=O)O)P(=O)(OC1CCC1)OC1CCC1. The molecular formula is C13H19O5P. The van der Waals surface area contributed by atoms with E-state index in [1.807, 2.05) is 0 Å². The van der Waals surface area contributed by atoms with Gasteiger partial charge in [-0.2, -0.15) is 0 Å². The van der Waals surface area contributed by atoms with Crippen LogP contribution < -0.4 is 0 Å². The van der Waals surface area contributed by atoms with Gasteiger partial charge >= 0.3 is 13.6 Å². The molecule has 0 aromatic heterocycles. The van der Waals surface area contributed by atoms with Crippen LogP contribution in [-0.2, 0) is 18.4 Å². The van der Waals surface area contributed by atoms with Crippen molar-refractivity contribution in [1.82, 2.24) is 0 Å². The predicted octanol–water partition coefficient (Wildman–Crippen LogP) is 2.79. The molecule has 0 aromatic carbocycles. The lowest BCUT2D eigenvalue weighted by molar-refractivity contribution is -0.136. The van der Waals surface area contributed by atoms with Crippen LogP contribution in [-0.4, -0.2) is 28.9 Å². The largest absolute Gasteiger partial charge is 0.480 e. The summed E-state index contributed by atoms with van der Waals surface area (Å²) in [5, 5.41) is 9.21. The summed E-state index contributed by atoms with van der Waals surface area (Å²) in [5.74, 6) is 3.74. The average Bonchev–Trinajstić information content (AvgIpc) is 2.25. The molecule has 106 valence electrons. The zero-order chi connectivity index (χ0) is 13.9. The van der Waals surface area contributed by atoms with Crippen molar-refractivity contribution in [2.45, 2.75) is 63.3 Å². The van der Waals surface area contributed by atoms with Crippen molar-refractivity contribution in [2.24, 2.45) is 0 Å². The highest BCUT2D eigenvalue weighted by atomic mass is 31.2. The molecule has 6 heteroatoms. The Hall–Kier alpha value is -0.820. The van der Waals surface area contributed by atoms with E-state index in [2.05, 4.69) is 11.8 Å². The van der Waals surface area contributed by atoms with E-state index in [-0.39, 0.29) is 12.2 Å². The van der Waals surface area contributed by atoms with Gasteiger partial charge in [0, 0.05) is 0 Å². The molecule has 0 heterocycles. The van der Waals surface area contributed by atoms with Gasteiger partial charge in [-0.25, -0.2) is 0 Å². The minimum Gasteiger partial charge on any atom is -0.480 e. The van der Waals surface area contributed by atoms with Crippen molar-refractivity contribution < 1.29 is 23.5 Å². The second-order valence-corrected chi connectivity index (χ2v) is 7.01. The average molecular weight is 286 g/mol. The summed E-state index contributed by atoms with van der Waals surface area (Å²) in [6.45, 7) is 1.52. The van der Waals surface area contributed by atoms with Crippen LogP contribution >= 0.6 is 7.60 Å². The summed E-state index contributed by atoms with van der Waals surface area (Å²) < 4.78 is 23.8. The molecule has 2 aliphatic rings. The van der Waals surface area contributed by atoms with E-state index in [9.17, 15) is 14.5 Å². The Morgan fingerprint density at radius 1 is 1.21 bits per heavy atom. The maximum absolute atomic E-state index is 12.8. The van der Waals surface area contributed by atoms with Crippen LogP contribution in [0.25, 0.3) is 0 Å². The van der Waals surface area contributed by atoms with Crippen LogP contribution in [0.2, 0.25) is 0 Å². The minimum atomic E-state index is -3.72. The summed E-state index contributed by atoms with van der Waals surface area (Å²) in [4.78, 5) is 11.3. The summed E-state index contributed by atoms with van der Waals surface area (Å²) in [6.07, 6.45) is 4.98. The van der Waals surface area contributed by atoms with E-state index in [4.69, 9.17) is 9.05 Å². The molecule has 0 aliphatic heterocycles. The quantitative estimate of drug-likeness (QED) is 0.600. The van der Waals surface area contributed by atoms with E-state index in [1.165, 1.54) is 6.92 Å². The zero-order valence-electron chi connectivity index (χ0n) is 11.0. The second-order valence-electron chi connectivity index (χ2n) is 4.99. The van der Waals surface area contributed by atoms with Crippen molar-refractivity contribution in [1.29, 1.82) is 0 Å². The Labute approximate surface area is 113 Å². The number of carbonyl (C=O) groups is 1. The fourth-order valence-electron chi connectivity index (χ4n) is 1.93. The first-order valence-corrected chi connectivity index (χ1v) is 8.28. The normalized spacial score (nSPS) is 21.7. The fourth-order valence-corrected chi connectivity index (χ4v) is 4.03. The molecule has 2 rings (SSSR count). The smallest absolute Gasteiger partial charge is 0.357 e. The number of carboxylic acids is 1. The number of aliphatic carboxylic acids is 1. The molecule has 0 radical (unpaired) electrons. The maximum atomic E-state index is 12.8. The van der Waals surface area contributed by atoms with Crippen molar-refractivity contribution >= 4 is 13.6 Å². The molecule has 1 unspecified atom stereocenters. The Morgan fingerprint density at radius 2 is 1.68 bits per heavy atom.